The third-order valence-electron chi connectivity index (χ3n) is 15.2. The van der Waals surface area contributed by atoms with Gasteiger partial charge in [0.25, 0.3) is 16.6 Å². The predicted octanol–water partition coefficient (Wildman–Crippen LogP) is 11.6. The van der Waals surface area contributed by atoms with Gasteiger partial charge in [0.2, 0.25) is 11.8 Å². The Morgan fingerprint density at radius 1 is 0.500 bits per heavy atom. The van der Waals surface area contributed by atoms with E-state index in [1.165, 1.54) is 30.5 Å². The van der Waals surface area contributed by atoms with Gasteiger partial charge in [-0.25, -0.2) is 19.4 Å². The lowest BCUT2D eigenvalue weighted by molar-refractivity contribution is -0.158. The largest absolute Gasteiger partial charge is 0.460 e. The normalized spacial score (nSPS) is 16.2. The maximum Gasteiger partial charge on any atom is 0.416 e. The topological polar surface area (TPSA) is 138 Å². The van der Waals surface area contributed by atoms with Crippen LogP contribution in [-0.4, -0.2) is 101 Å². The summed E-state index contributed by atoms with van der Waals surface area (Å²) in [6.07, 6.45) is 2.33. The van der Waals surface area contributed by atoms with Crippen LogP contribution in [0.3, 0.4) is 0 Å². The highest BCUT2D eigenvalue weighted by atomic mass is 28.4. The van der Waals surface area contributed by atoms with Gasteiger partial charge >= 0.3 is 18.2 Å². The van der Waals surface area contributed by atoms with Gasteiger partial charge in [0.15, 0.2) is 0 Å². The monoisotopic (exact) mass is 1140 g/mol. The van der Waals surface area contributed by atoms with Crippen molar-refractivity contribution < 1.29 is 47.0 Å². The summed E-state index contributed by atoms with van der Waals surface area (Å²) in [5.41, 5.74) is 1.39. The van der Waals surface area contributed by atoms with E-state index in [0.717, 1.165) is 17.5 Å². The van der Waals surface area contributed by atoms with E-state index < -0.39 is 58.3 Å². The highest BCUT2D eigenvalue weighted by molar-refractivity contribution is 7.00. The van der Waals surface area contributed by atoms with Crippen molar-refractivity contribution in [2.45, 2.75) is 141 Å². The third kappa shape index (κ3) is 15.8. The van der Waals surface area contributed by atoms with Gasteiger partial charge in [-0.15, -0.1) is 0 Å². The van der Waals surface area contributed by atoms with Crippen molar-refractivity contribution >= 4 is 67.4 Å². The van der Waals surface area contributed by atoms with Gasteiger partial charge in [-0.1, -0.05) is 224 Å². The second kappa shape index (κ2) is 28.3. The van der Waals surface area contributed by atoms with E-state index >= 15 is 0 Å². The summed E-state index contributed by atoms with van der Waals surface area (Å²) < 4.78 is 30.1. The summed E-state index contributed by atoms with van der Waals surface area (Å²) >= 11 is 0. The maximum atomic E-state index is 14.0. The average Bonchev–Trinajstić information content (AvgIpc) is 4.01. The van der Waals surface area contributed by atoms with Crippen LogP contribution < -0.4 is 20.7 Å². The van der Waals surface area contributed by atoms with Crippen molar-refractivity contribution in [1.82, 2.24) is 9.80 Å². The summed E-state index contributed by atoms with van der Waals surface area (Å²) in [7, 11) is -5.35. The Kier molecular flexibility index (Phi) is 21.6. The number of nitrogens with zero attached hydrogens (tertiary/aromatic N) is 2. The molecule has 2 heterocycles. The van der Waals surface area contributed by atoms with Crippen molar-refractivity contribution in [3.05, 3.63) is 193 Å². The molecule has 0 saturated carbocycles. The SMILES string of the molecule is CC(C)(C)OC(=O)C[C@H](CCCO[Si](c1ccccc1)(c1ccccc1)C(C)(C)C)C(=O)N1C(=O)OC[C@H]1Cc1ccccc1.CC(C)(C)[Si](OCCCCC(=O)N1C(=O)OC[C@H]1Cc1ccccc1)(c1ccccc1)c1ccccc1. The fourth-order valence-corrected chi connectivity index (χ4v) is 20.7. The van der Waals surface area contributed by atoms with Crippen LogP contribution in [0, 0.1) is 5.92 Å². The molecule has 6 aromatic carbocycles. The van der Waals surface area contributed by atoms with E-state index in [1.54, 1.807) is 20.8 Å². The van der Waals surface area contributed by atoms with Gasteiger partial charge in [-0.3, -0.25) is 14.4 Å². The van der Waals surface area contributed by atoms with Crippen LogP contribution in [0.1, 0.15) is 112 Å². The lowest BCUT2D eigenvalue weighted by atomic mass is 9.96. The Balaban J connectivity index is 0.000000240. The quantitative estimate of drug-likeness (QED) is 0.0279. The van der Waals surface area contributed by atoms with Gasteiger partial charge in [0.05, 0.1) is 18.5 Å². The highest BCUT2D eigenvalue weighted by Gasteiger charge is 2.51. The van der Waals surface area contributed by atoms with Crippen LogP contribution in [-0.2, 0) is 50.3 Å². The van der Waals surface area contributed by atoms with E-state index in [0.29, 0.717) is 51.7 Å². The summed E-state index contributed by atoms with van der Waals surface area (Å²) in [5.74, 6) is -1.81. The van der Waals surface area contributed by atoms with E-state index in [4.69, 9.17) is 23.1 Å². The molecule has 6 aromatic rings. The molecule has 82 heavy (non-hydrogen) atoms. The number of cyclic esters (lactones) is 2. The molecule has 12 nitrogen and oxygen atoms in total. The zero-order valence-electron chi connectivity index (χ0n) is 49.5. The molecule has 2 fully saturated rings. The number of esters is 1. The van der Waals surface area contributed by atoms with E-state index in [2.05, 4.69) is 114 Å². The Morgan fingerprint density at radius 2 is 0.854 bits per heavy atom. The molecule has 2 aliphatic heterocycles. The highest BCUT2D eigenvalue weighted by Crippen LogP contribution is 2.38. The van der Waals surface area contributed by atoms with Crippen molar-refractivity contribution in [3.8, 4) is 0 Å². The fraction of sp³-hybridized carbons (Fsp3) is 0.397. The first-order chi connectivity index (χ1) is 39.1. The number of imide groups is 2. The maximum absolute atomic E-state index is 14.0. The molecule has 3 atom stereocenters. The molecule has 0 aromatic heterocycles. The first-order valence-electron chi connectivity index (χ1n) is 28.9. The molecular weight excluding hydrogens is 1060 g/mol. The Bertz CT molecular complexity index is 2910. The predicted molar refractivity (Wildman–Crippen MR) is 328 cm³/mol. The molecule has 2 saturated heterocycles. The van der Waals surface area contributed by atoms with E-state index in [1.807, 2.05) is 109 Å². The van der Waals surface area contributed by atoms with Crippen LogP contribution in [0.25, 0.3) is 0 Å². The van der Waals surface area contributed by atoms with Crippen molar-refractivity contribution in [2.24, 2.45) is 5.92 Å². The molecule has 0 aliphatic carbocycles. The zero-order chi connectivity index (χ0) is 59.0. The number of unbranched alkanes of at least 4 members (excludes halogenated alkanes) is 1. The molecule has 0 bridgehead atoms. The number of carbonyl (C=O) groups excluding carboxylic acids is 5. The Hall–Kier alpha value is -6.98. The number of benzene rings is 6. The minimum absolute atomic E-state index is 0.0878. The lowest BCUT2D eigenvalue weighted by Gasteiger charge is -2.43. The Morgan fingerprint density at radius 3 is 1.23 bits per heavy atom. The fourth-order valence-electron chi connectivity index (χ4n) is 11.5. The molecule has 14 heteroatoms. The van der Waals surface area contributed by atoms with Crippen molar-refractivity contribution in [2.75, 3.05) is 26.4 Å². The molecule has 4 amide bonds. The third-order valence-corrected chi connectivity index (χ3v) is 25.3. The number of amides is 4. The summed E-state index contributed by atoms with van der Waals surface area (Å²) in [6, 6.07) is 60.8. The molecule has 0 N–H and O–H groups in total. The Labute approximate surface area is 488 Å². The number of hydrogen-bond acceptors (Lipinski definition) is 10. The molecule has 8 rings (SSSR count). The summed E-state index contributed by atoms with van der Waals surface area (Å²) in [5, 5.41) is 4.56. The minimum atomic E-state index is -2.76. The van der Waals surface area contributed by atoms with Crippen molar-refractivity contribution in [1.29, 1.82) is 0 Å². The molecule has 2 aliphatic rings. The van der Waals surface area contributed by atoms with Crippen LogP contribution in [0.4, 0.5) is 9.59 Å². The number of carbonyl (C=O) groups is 5. The van der Waals surface area contributed by atoms with Crippen LogP contribution >= 0.6 is 0 Å². The van der Waals surface area contributed by atoms with Crippen molar-refractivity contribution in [3.63, 3.8) is 0 Å². The second-order valence-corrected chi connectivity index (χ2v) is 33.0. The minimum Gasteiger partial charge on any atom is -0.460 e. The molecule has 434 valence electrons. The average molecular weight is 1150 g/mol. The van der Waals surface area contributed by atoms with E-state index in [-0.39, 0.29) is 41.7 Å². The van der Waals surface area contributed by atoms with Gasteiger partial charge in [0.1, 0.15) is 18.8 Å². The smallest absolute Gasteiger partial charge is 0.416 e. The van der Waals surface area contributed by atoms with Crippen LogP contribution in [0.2, 0.25) is 10.1 Å². The van der Waals surface area contributed by atoms with Gasteiger partial charge in [-0.2, -0.15) is 0 Å². The number of ether oxygens (including phenoxy) is 3. The van der Waals surface area contributed by atoms with Gasteiger partial charge in [-0.05, 0) is 101 Å². The zero-order valence-corrected chi connectivity index (χ0v) is 51.5. The molecular formula is C68H84N2O10Si2. The van der Waals surface area contributed by atoms with Gasteiger partial charge < -0.3 is 23.1 Å². The first-order valence-corrected chi connectivity index (χ1v) is 32.7. The number of hydrogen-bond donors (Lipinski definition) is 0. The summed E-state index contributed by atoms with van der Waals surface area (Å²) in [6.45, 7) is 20.2. The van der Waals surface area contributed by atoms with E-state index in [9.17, 15) is 24.0 Å². The molecule has 0 unspecified atom stereocenters. The van der Waals surface area contributed by atoms with Gasteiger partial charge in [0, 0.05) is 25.6 Å². The second-order valence-electron chi connectivity index (χ2n) is 24.4. The lowest BCUT2D eigenvalue weighted by Crippen LogP contribution is -2.66. The van der Waals surface area contributed by atoms with Crippen LogP contribution in [0.5, 0.6) is 0 Å². The molecule has 0 radical (unpaired) electrons. The number of rotatable bonds is 22. The van der Waals surface area contributed by atoms with Crippen LogP contribution in [0.15, 0.2) is 182 Å². The molecule has 0 spiro atoms. The first kappa shape index (κ1) is 62.6. The summed E-state index contributed by atoms with van der Waals surface area (Å²) in [4.78, 5) is 67.8. The standard InChI is InChI=1S/C37H47NO6Si.C31H37NO4Si/c1-36(2,3)44-33(39)26-29(34(40)38-30(27-42-35(38)41)25-28-17-10-7-11-18-28)19-16-24-43-45(37(4,5)6,31-20-12-8-13-21-31)32-22-14-9-15-23-32;1-31(2,3)37(27-17-9-5-10-18-27,28-19-11-6-12-20-28)36-22-14-13-21-29(33)32-26(24-35-30(32)34)23-25-15-7-4-8-16-25/h7-15,17-18,20-23,29-30H,16,19,24-27H2,1-6H3;4-12,15-20,26H,13-14,21-24H2,1-3H3/t29-,30+;26-/m01/s1.